The van der Waals surface area contributed by atoms with Crippen molar-refractivity contribution >= 4 is 30.2 Å². The molecule has 11 aromatic rings. The number of nitrogens with zero attached hydrogens (tertiary/aromatic N) is 9. The molecular formula is C82H84F3N9O19. The molecule has 592 valence electrons. The fraction of sp³-hybridized carbons (Fsp3) is 0.280. The number of amides is 3. The molecule has 0 saturated heterocycles. The normalized spacial score (nSPS) is 11.7. The number of rotatable bonds is 32. The zero-order chi connectivity index (χ0) is 81.0. The quantitative estimate of drug-likeness (QED) is 0.0395. The van der Waals surface area contributed by atoms with Crippen LogP contribution in [0.25, 0.3) is 34.4 Å². The lowest BCUT2D eigenvalue weighted by molar-refractivity contribution is -0.274. The van der Waals surface area contributed by atoms with E-state index in [-0.39, 0.29) is 55.6 Å². The zero-order valence-corrected chi connectivity index (χ0v) is 63.2. The summed E-state index contributed by atoms with van der Waals surface area (Å²) < 4.78 is 100. The third-order valence-electron chi connectivity index (χ3n) is 16.8. The van der Waals surface area contributed by atoms with Crippen molar-refractivity contribution in [2.24, 2.45) is 5.92 Å². The minimum Gasteiger partial charge on any atom is -0.497 e. The summed E-state index contributed by atoms with van der Waals surface area (Å²) >= 11 is 0. The van der Waals surface area contributed by atoms with Gasteiger partial charge < -0.3 is 71.3 Å². The van der Waals surface area contributed by atoms with Crippen LogP contribution in [-0.4, -0.2) is 146 Å². The van der Waals surface area contributed by atoms with Crippen LogP contribution in [0.4, 0.5) is 27.6 Å². The minimum atomic E-state index is -4.79. The maximum atomic E-state index is 12.8. The smallest absolute Gasteiger partial charge is 0.497 e. The van der Waals surface area contributed by atoms with Crippen molar-refractivity contribution in [3.05, 3.63) is 240 Å². The summed E-state index contributed by atoms with van der Waals surface area (Å²) in [4.78, 5) is 77.7. The molecule has 0 radical (unpaired) electrons. The Morgan fingerprint density at radius 1 is 0.434 bits per heavy atom. The van der Waals surface area contributed by atoms with E-state index in [0.29, 0.717) is 88.7 Å². The number of aromatic nitrogens is 6. The van der Waals surface area contributed by atoms with Gasteiger partial charge in [-0.3, -0.25) is 19.4 Å². The maximum absolute atomic E-state index is 12.8. The largest absolute Gasteiger partial charge is 0.573 e. The standard InChI is InChI=1S/C29H26F3N3O8.C29H31N3O5.C24H27N3O6/c1-18(35(17-26(36)37)28(38)41-23-13-11-21(39-2)12-14-23)19-3-7-22(8-4-19)40-16-15-25-33-27(43-34-25)20-5-9-24(10-6-20)42-29(30,31)32;1-5-32(29(33)36-26-16-14-24(34-4)15-17-26)21(3)22-10-12-25(13-11-22)35-19-18-27-30-28(37-31-27)23-8-6-20(2)7-9-23;1-16(2)14-32-24(30)27(13-22(28)29)17(3)18-9-11-20(12-10-18)31-15-21-25-23(33-26-21)19-7-5-4-6-8-19/h3-14,18H,15-17H2,1-2H3,(H,36,37);6-17,21H,5,18-19H2,1-4H3;4-12,16-17H,13-15H2,1-3H3,(H,28,29)/t18-;21-;17-/m000/s1. The number of ether oxygens (including phenoxy) is 9. The van der Waals surface area contributed by atoms with Gasteiger partial charge in [0.1, 0.15) is 59.1 Å². The lowest BCUT2D eigenvalue weighted by atomic mass is 10.1. The minimum absolute atomic E-state index is 0.123. The van der Waals surface area contributed by atoms with E-state index in [0.717, 1.165) is 45.0 Å². The first-order chi connectivity index (χ1) is 54.3. The topological polar surface area (TPSA) is 335 Å². The molecule has 11 rings (SSSR count). The number of aliphatic carboxylic acids is 2. The summed E-state index contributed by atoms with van der Waals surface area (Å²) in [5.41, 5.74) is 5.68. The number of halogens is 3. The van der Waals surface area contributed by atoms with Crippen LogP contribution in [0.3, 0.4) is 0 Å². The number of methoxy groups -OCH3 is 2. The van der Waals surface area contributed by atoms with Crippen molar-refractivity contribution in [3.63, 3.8) is 0 Å². The lowest BCUT2D eigenvalue weighted by Crippen LogP contribution is -2.39. The summed E-state index contributed by atoms with van der Waals surface area (Å²) in [5.74, 6) is 3.63. The lowest BCUT2D eigenvalue weighted by Gasteiger charge is -2.27. The molecule has 0 saturated carbocycles. The van der Waals surface area contributed by atoms with Gasteiger partial charge in [-0.1, -0.05) is 102 Å². The molecule has 3 heterocycles. The van der Waals surface area contributed by atoms with Gasteiger partial charge in [-0.2, -0.15) is 15.0 Å². The van der Waals surface area contributed by atoms with E-state index < -0.39 is 61.8 Å². The van der Waals surface area contributed by atoms with E-state index in [2.05, 4.69) is 35.2 Å². The number of carboxylic acid groups (broad SMARTS) is 2. The van der Waals surface area contributed by atoms with Crippen LogP contribution in [0.15, 0.2) is 214 Å². The molecule has 0 unspecified atom stereocenters. The van der Waals surface area contributed by atoms with E-state index in [9.17, 15) is 47.4 Å². The first kappa shape index (κ1) is 83.6. The predicted octanol–water partition coefficient (Wildman–Crippen LogP) is 16.7. The number of carbonyl (C=O) groups is 5. The Balaban J connectivity index is 0.000000196. The van der Waals surface area contributed by atoms with Gasteiger partial charge in [-0.25, -0.2) is 14.4 Å². The Hall–Kier alpha value is -13.5. The highest BCUT2D eigenvalue weighted by molar-refractivity contribution is 5.79. The first-order valence-corrected chi connectivity index (χ1v) is 35.6. The van der Waals surface area contributed by atoms with Gasteiger partial charge in [0.05, 0.1) is 52.2 Å². The number of alkyl halides is 3. The van der Waals surface area contributed by atoms with Crippen LogP contribution >= 0.6 is 0 Å². The number of hydrogen-bond acceptors (Lipinski definition) is 23. The highest BCUT2D eigenvalue weighted by Gasteiger charge is 2.32. The number of carbonyl (C=O) groups excluding carboxylic acids is 3. The second-order valence-corrected chi connectivity index (χ2v) is 25.5. The van der Waals surface area contributed by atoms with Gasteiger partial charge in [0, 0.05) is 36.1 Å². The Morgan fingerprint density at radius 2 is 0.788 bits per heavy atom. The van der Waals surface area contributed by atoms with Gasteiger partial charge in [-0.15, -0.1) is 13.2 Å². The molecule has 2 N–H and O–H groups in total. The van der Waals surface area contributed by atoms with Crippen LogP contribution in [0.1, 0.15) is 99.4 Å². The van der Waals surface area contributed by atoms with Crippen LogP contribution in [0.2, 0.25) is 0 Å². The molecule has 8 aromatic carbocycles. The first-order valence-electron chi connectivity index (χ1n) is 35.6. The van der Waals surface area contributed by atoms with E-state index >= 15 is 0 Å². The highest BCUT2D eigenvalue weighted by Crippen LogP contribution is 2.31. The molecule has 0 aliphatic heterocycles. The molecule has 3 amide bonds. The molecule has 3 aromatic heterocycles. The summed E-state index contributed by atoms with van der Waals surface area (Å²) in [6.07, 6.45) is -5.89. The van der Waals surface area contributed by atoms with Crippen molar-refractivity contribution in [2.45, 2.75) is 92.4 Å². The van der Waals surface area contributed by atoms with E-state index in [4.69, 9.17) is 51.5 Å². The molecule has 0 aliphatic carbocycles. The Kier molecular flexibility index (Phi) is 30.2. The number of carboxylic acids is 2. The SMILES string of the molecule is CC(C)COC(=O)N(CC(=O)O)[C@@H](C)c1ccc(OCc2noc(-c3ccccc3)n2)cc1.CCN(C(=O)Oc1ccc(OC)cc1)[C@@H](C)c1ccc(OCCc2noc(-c3ccc(C)cc3)n2)cc1.COc1ccc(OC(=O)N(CC(=O)O)[C@@H](C)c2ccc(OCCc3noc(-c4ccc(OC(F)(F)F)cc4)n3)cc2)cc1. The zero-order valence-electron chi connectivity index (χ0n) is 63.2. The van der Waals surface area contributed by atoms with Gasteiger partial charge in [0.25, 0.3) is 17.7 Å². The summed E-state index contributed by atoms with van der Waals surface area (Å²) in [5, 5.41) is 30.4. The van der Waals surface area contributed by atoms with Crippen molar-refractivity contribution in [3.8, 4) is 80.4 Å². The van der Waals surface area contributed by atoms with Crippen molar-refractivity contribution in [1.82, 2.24) is 45.1 Å². The Bertz CT molecular complexity index is 4800. The second-order valence-electron chi connectivity index (χ2n) is 25.5. The van der Waals surface area contributed by atoms with Gasteiger partial charge in [-0.05, 0) is 191 Å². The fourth-order valence-corrected chi connectivity index (χ4v) is 10.7. The molecule has 0 spiro atoms. The molecule has 31 heteroatoms. The average Bonchev–Trinajstić information content (AvgIpc) is 1.84. The van der Waals surface area contributed by atoms with E-state index in [1.54, 1.807) is 111 Å². The predicted molar refractivity (Wildman–Crippen MR) is 403 cm³/mol. The Labute approximate surface area is 648 Å². The molecule has 3 atom stereocenters. The van der Waals surface area contributed by atoms with Crippen molar-refractivity contribution < 1.29 is 104 Å². The summed E-state index contributed by atoms with van der Waals surface area (Å²) in [6, 6.07) is 55.8. The molecule has 113 heavy (non-hydrogen) atoms. The van der Waals surface area contributed by atoms with Crippen LogP contribution < -0.4 is 37.9 Å². The molecule has 28 nitrogen and oxygen atoms in total. The number of hydrogen-bond donors (Lipinski definition) is 2. The van der Waals surface area contributed by atoms with Crippen LogP contribution in [-0.2, 0) is 33.8 Å². The van der Waals surface area contributed by atoms with Crippen LogP contribution in [0, 0.1) is 12.8 Å². The van der Waals surface area contributed by atoms with Crippen LogP contribution in [0.5, 0.6) is 46.0 Å². The number of benzene rings is 8. The average molecular weight is 1560 g/mol. The monoisotopic (exact) mass is 1560 g/mol. The summed E-state index contributed by atoms with van der Waals surface area (Å²) in [6.45, 7) is 13.6. The summed E-state index contributed by atoms with van der Waals surface area (Å²) in [7, 11) is 3.10. The number of aryl methyl sites for hydroxylation is 1. The van der Waals surface area contributed by atoms with Gasteiger partial charge in [0.15, 0.2) is 18.3 Å². The second kappa shape index (κ2) is 40.8. The highest BCUT2D eigenvalue weighted by atomic mass is 19.4. The van der Waals surface area contributed by atoms with Crippen molar-refractivity contribution in [1.29, 1.82) is 0 Å². The molecule has 0 bridgehead atoms. The van der Waals surface area contributed by atoms with E-state index in [1.807, 2.05) is 113 Å². The Morgan fingerprint density at radius 3 is 1.19 bits per heavy atom. The molecule has 0 aliphatic rings. The van der Waals surface area contributed by atoms with Crippen molar-refractivity contribution in [2.75, 3.05) is 53.7 Å². The molecular weight excluding hydrogens is 1470 g/mol. The maximum Gasteiger partial charge on any atom is 0.573 e. The molecule has 0 fully saturated rings. The third-order valence-corrected chi connectivity index (χ3v) is 16.8. The van der Waals surface area contributed by atoms with Gasteiger partial charge in [0.2, 0.25) is 5.82 Å². The third kappa shape index (κ3) is 25.8. The fourth-order valence-electron chi connectivity index (χ4n) is 10.7. The van der Waals surface area contributed by atoms with E-state index in [1.165, 1.54) is 41.8 Å². The van der Waals surface area contributed by atoms with Gasteiger partial charge >= 0.3 is 36.6 Å².